The number of aliphatic hydroxyl groups is 4. The standard InChI is InChI=1S/C11H17N3O7/c1-19-10(17)5-3-2-13-8(12)14-9(3)4(15)6(10)21-11(18,20-5)7(9)16/h3-7,15-18H,2H2,1H3,(H3,12,13,14)/t3-,4+,5+,6-,7-,9?,10-,11-/m0/s1. The van der Waals surface area contributed by atoms with E-state index in [2.05, 4.69) is 10.3 Å². The van der Waals surface area contributed by atoms with Gasteiger partial charge in [-0.3, -0.25) is 4.99 Å². The Morgan fingerprint density at radius 1 is 1.33 bits per heavy atom. The van der Waals surface area contributed by atoms with Crippen LogP contribution in [0.1, 0.15) is 0 Å². The molecule has 10 nitrogen and oxygen atoms in total. The first-order chi connectivity index (χ1) is 9.79. The fourth-order valence-corrected chi connectivity index (χ4v) is 4.07. The predicted octanol–water partition coefficient (Wildman–Crippen LogP) is -4.23. The van der Waals surface area contributed by atoms with E-state index in [4.69, 9.17) is 19.9 Å². The van der Waals surface area contributed by atoms with Crippen LogP contribution < -0.4 is 11.1 Å². The normalized spacial score (nSPS) is 61.2. The fraction of sp³-hybridized carbons (Fsp3) is 0.909. The van der Waals surface area contributed by atoms with Crippen molar-refractivity contribution in [1.82, 2.24) is 5.32 Å². The van der Waals surface area contributed by atoms with Crippen molar-refractivity contribution in [2.24, 2.45) is 16.6 Å². The fourth-order valence-electron chi connectivity index (χ4n) is 4.07. The zero-order valence-corrected chi connectivity index (χ0v) is 11.1. The maximum absolute atomic E-state index is 10.6. The van der Waals surface area contributed by atoms with E-state index in [1.165, 1.54) is 7.11 Å². The quantitative estimate of drug-likeness (QED) is 0.264. The second-order valence-electron chi connectivity index (χ2n) is 5.90. The van der Waals surface area contributed by atoms with Gasteiger partial charge in [-0.15, -0.1) is 0 Å². The Bertz CT molecular complexity index is 532. The molecule has 1 spiro atoms. The molecule has 1 saturated carbocycles. The molecule has 10 heteroatoms. The van der Waals surface area contributed by atoms with Crippen LogP contribution in [-0.4, -0.2) is 81.8 Å². The van der Waals surface area contributed by atoms with Gasteiger partial charge in [-0.1, -0.05) is 0 Å². The molecule has 118 valence electrons. The van der Waals surface area contributed by atoms with E-state index < -0.39 is 47.6 Å². The number of hydrogen-bond donors (Lipinski definition) is 6. The third-order valence-corrected chi connectivity index (χ3v) is 5.09. The van der Waals surface area contributed by atoms with Gasteiger partial charge in [0.25, 0.3) is 0 Å². The Kier molecular flexibility index (Phi) is 2.38. The number of guanidine groups is 1. The molecule has 4 heterocycles. The number of ether oxygens (including phenoxy) is 3. The Labute approximate surface area is 119 Å². The van der Waals surface area contributed by atoms with Crippen molar-refractivity contribution in [2.45, 2.75) is 41.7 Å². The van der Waals surface area contributed by atoms with E-state index in [1.54, 1.807) is 0 Å². The highest BCUT2D eigenvalue weighted by Crippen LogP contribution is 2.57. The van der Waals surface area contributed by atoms with Gasteiger partial charge in [0.2, 0.25) is 5.79 Å². The predicted molar refractivity (Wildman–Crippen MR) is 64.5 cm³/mol. The Morgan fingerprint density at radius 2 is 2.00 bits per heavy atom. The van der Waals surface area contributed by atoms with Crippen molar-refractivity contribution in [2.75, 3.05) is 13.7 Å². The van der Waals surface area contributed by atoms with Crippen LogP contribution >= 0.6 is 0 Å². The average molecular weight is 303 g/mol. The molecule has 21 heavy (non-hydrogen) atoms. The maximum atomic E-state index is 10.6. The molecule has 1 unspecified atom stereocenters. The van der Waals surface area contributed by atoms with E-state index in [0.29, 0.717) is 0 Å². The second kappa shape index (κ2) is 3.66. The highest BCUT2D eigenvalue weighted by atomic mass is 16.9. The number of methoxy groups -OCH3 is 1. The average Bonchev–Trinajstić information content (AvgIpc) is 2.45. The van der Waals surface area contributed by atoms with Crippen molar-refractivity contribution in [1.29, 1.82) is 0 Å². The molecule has 5 aliphatic rings. The number of aliphatic hydroxyl groups excluding tert-OH is 2. The first-order valence-electron chi connectivity index (χ1n) is 6.59. The van der Waals surface area contributed by atoms with Crippen molar-refractivity contribution < 1.29 is 34.6 Å². The van der Waals surface area contributed by atoms with E-state index in [1.807, 2.05) is 0 Å². The van der Waals surface area contributed by atoms with Gasteiger partial charge in [-0.2, -0.15) is 0 Å². The van der Waals surface area contributed by atoms with Gasteiger partial charge in [0, 0.05) is 13.0 Å². The third kappa shape index (κ3) is 1.26. The molecule has 3 saturated heterocycles. The Hall–Kier alpha value is -1.01. The number of nitrogens with two attached hydrogens (primary N) is 1. The first kappa shape index (κ1) is 13.6. The molecule has 0 radical (unpaired) electrons. The van der Waals surface area contributed by atoms with Crippen molar-refractivity contribution in [3.63, 3.8) is 0 Å². The lowest BCUT2D eigenvalue weighted by atomic mass is 9.58. The third-order valence-electron chi connectivity index (χ3n) is 5.09. The van der Waals surface area contributed by atoms with Crippen LogP contribution in [0.4, 0.5) is 0 Å². The molecule has 0 aromatic heterocycles. The summed E-state index contributed by atoms with van der Waals surface area (Å²) in [4.78, 5) is 4.01. The van der Waals surface area contributed by atoms with Gasteiger partial charge >= 0.3 is 5.97 Å². The molecular formula is C11H17N3O7. The Balaban J connectivity index is 1.92. The van der Waals surface area contributed by atoms with Crippen LogP contribution in [-0.2, 0) is 14.2 Å². The molecule has 0 amide bonds. The van der Waals surface area contributed by atoms with Gasteiger partial charge in [-0.25, -0.2) is 0 Å². The zero-order valence-electron chi connectivity index (χ0n) is 11.1. The number of hydrogen-bond acceptors (Lipinski definition) is 10. The monoisotopic (exact) mass is 303 g/mol. The van der Waals surface area contributed by atoms with Gasteiger partial charge in [0.15, 0.2) is 12.1 Å². The second-order valence-corrected chi connectivity index (χ2v) is 5.90. The number of nitrogens with one attached hydrogen (secondary N) is 1. The molecule has 4 fully saturated rings. The van der Waals surface area contributed by atoms with E-state index in [9.17, 15) is 20.4 Å². The summed E-state index contributed by atoms with van der Waals surface area (Å²) in [5.74, 6) is -4.97. The van der Waals surface area contributed by atoms with E-state index in [0.717, 1.165) is 0 Å². The van der Waals surface area contributed by atoms with Gasteiger partial charge < -0.3 is 45.7 Å². The minimum absolute atomic E-state index is 0.0239. The molecule has 7 N–H and O–H groups in total. The van der Waals surface area contributed by atoms with Gasteiger partial charge in [0.1, 0.15) is 23.9 Å². The van der Waals surface area contributed by atoms with Crippen LogP contribution in [0, 0.1) is 5.92 Å². The van der Waals surface area contributed by atoms with Crippen LogP contribution in [0.2, 0.25) is 0 Å². The highest BCUT2D eigenvalue weighted by molar-refractivity contribution is 5.80. The summed E-state index contributed by atoms with van der Waals surface area (Å²) in [5, 5.41) is 44.8. The first-order valence-corrected chi connectivity index (χ1v) is 6.59. The van der Waals surface area contributed by atoms with Crippen LogP contribution in [0.25, 0.3) is 0 Å². The molecular weight excluding hydrogens is 286 g/mol. The van der Waals surface area contributed by atoms with Crippen molar-refractivity contribution in [3.8, 4) is 0 Å². The van der Waals surface area contributed by atoms with Crippen molar-refractivity contribution in [3.05, 3.63) is 0 Å². The Morgan fingerprint density at radius 3 is 2.67 bits per heavy atom. The largest absolute Gasteiger partial charge is 0.388 e. The molecule has 5 rings (SSSR count). The van der Waals surface area contributed by atoms with Crippen LogP contribution in [0.3, 0.4) is 0 Å². The minimum atomic E-state index is -2.36. The lowest BCUT2D eigenvalue weighted by Gasteiger charge is -2.70. The minimum Gasteiger partial charge on any atom is -0.388 e. The molecule has 4 bridgehead atoms. The summed E-state index contributed by atoms with van der Waals surface area (Å²) < 4.78 is 15.6. The van der Waals surface area contributed by atoms with E-state index >= 15 is 0 Å². The number of rotatable bonds is 1. The molecule has 4 aliphatic heterocycles. The lowest BCUT2D eigenvalue weighted by molar-refractivity contribution is -0.567. The smallest absolute Gasteiger partial charge is 0.311 e. The molecule has 1 aliphatic carbocycles. The van der Waals surface area contributed by atoms with Crippen LogP contribution in [0.5, 0.6) is 0 Å². The molecule has 0 aromatic carbocycles. The van der Waals surface area contributed by atoms with Crippen molar-refractivity contribution >= 4 is 5.96 Å². The maximum Gasteiger partial charge on any atom is 0.311 e. The summed E-state index contributed by atoms with van der Waals surface area (Å²) in [6.45, 7) is 0.0894. The summed E-state index contributed by atoms with van der Waals surface area (Å²) >= 11 is 0. The summed E-state index contributed by atoms with van der Waals surface area (Å²) in [5.41, 5.74) is 4.23. The van der Waals surface area contributed by atoms with E-state index in [-0.39, 0.29) is 12.5 Å². The van der Waals surface area contributed by atoms with Gasteiger partial charge in [-0.05, 0) is 0 Å². The molecule has 0 aromatic rings. The summed E-state index contributed by atoms with van der Waals surface area (Å²) in [7, 11) is 1.24. The summed E-state index contributed by atoms with van der Waals surface area (Å²) in [6, 6.07) is 0. The van der Waals surface area contributed by atoms with Crippen LogP contribution in [0.15, 0.2) is 4.99 Å². The topological polar surface area (TPSA) is 159 Å². The molecule has 8 atom stereocenters. The zero-order chi connectivity index (χ0) is 15.2. The highest BCUT2D eigenvalue weighted by Gasteiger charge is 2.82. The SMILES string of the molecule is CO[C@@]1(O)[C@@H]2O[C@]3(O)O[C@H]1[C@@H](O)C1(NC(N)=NC[C@@H]21)[C@@H]3O. The van der Waals surface area contributed by atoms with Gasteiger partial charge in [0.05, 0.1) is 6.54 Å². The number of aliphatic imine (C=N–C) groups is 1. The lowest BCUT2D eigenvalue weighted by Crippen LogP contribution is -2.94. The summed E-state index contributed by atoms with van der Waals surface area (Å²) in [6.07, 6.45) is -5.38. The number of nitrogens with zero attached hydrogens (tertiary/aromatic N) is 1.